The highest BCUT2D eigenvalue weighted by Crippen LogP contribution is 2.08. The van der Waals surface area contributed by atoms with E-state index in [-0.39, 0.29) is 0 Å². The zero-order valence-electron chi connectivity index (χ0n) is 8.34. The molecule has 0 aromatic heterocycles. The molecule has 0 atom stereocenters. The van der Waals surface area contributed by atoms with Crippen LogP contribution in [0.15, 0.2) is 15.9 Å². The van der Waals surface area contributed by atoms with Crippen LogP contribution in [-0.4, -0.2) is 6.21 Å². The smallest absolute Gasteiger partial charge is 0.0827 e. The summed E-state index contributed by atoms with van der Waals surface area (Å²) in [6, 6.07) is 0. The summed E-state index contributed by atoms with van der Waals surface area (Å²) < 4.78 is 3.93. The second kappa shape index (κ2) is 12.1. The fraction of sp³-hybridized carbons (Fsp3) is 0.727. The van der Waals surface area contributed by atoms with Crippen molar-refractivity contribution < 1.29 is 0 Å². The first-order valence-corrected chi connectivity index (χ1v) is 6.12. The lowest BCUT2D eigenvalue weighted by molar-refractivity contribution is 0.605. The fourth-order valence-electron chi connectivity index (χ4n) is 1.28. The van der Waals surface area contributed by atoms with Gasteiger partial charge in [-0.05, 0) is 25.7 Å². The lowest BCUT2D eigenvalue weighted by atomic mass is 10.1. The Kier molecular flexibility index (Phi) is 12.3. The molecule has 0 heterocycles. The first-order valence-electron chi connectivity index (χ1n) is 5.15. The van der Waals surface area contributed by atoms with Gasteiger partial charge in [0.05, 0.1) is 22.9 Å². The summed E-state index contributed by atoms with van der Waals surface area (Å²) in [6.07, 6.45) is 14.4. The molecule has 0 aromatic carbocycles. The fourth-order valence-corrected chi connectivity index (χ4v) is 1.56. The molecule has 0 saturated carbocycles. The minimum atomic E-state index is 1.15. The van der Waals surface area contributed by atoms with Gasteiger partial charge in [-0.2, -0.15) is 0 Å². The Morgan fingerprint density at radius 3 is 2.00 bits per heavy atom. The zero-order valence-corrected chi connectivity index (χ0v) is 10.5. The van der Waals surface area contributed by atoms with E-state index in [2.05, 4.69) is 9.78 Å². The first-order chi connectivity index (χ1) is 6.41. The topological polar surface area (TPSA) is 12.4 Å². The van der Waals surface area contributed by atoms with Crippen LogP contribution in [-0.2, 0) is 0 Å². The molecule has 0 N–H and O–H groups in total. The Bertz CT molecular complexity index is 132. The van der Waals surface area contributed by atoms with Crippen LogP contribution >= 0.6 is 22.9 Å². The monoisotopic (exact) mass is 293 g/mol. The molecule has 0 aliphatic carbocycles. The van der Waals surface area contributed by atoms with E-state index >= 15 is 0 Å². The molecule has 0 bridgehead atoms. The number of hydrogen-bond acceptors (Lipinski definition) is 1. The summed E-state index contributed by atoms with van der Waals surface area (Å²) in [6.45, 7) is 3.71. The van der Waals surface area contributed by atoms with Gasteiger partial charge in [0.15, 0.2) is 0 Å². The summed E-state index contributed by atoms with van der Waals surface area (Å²) >= 11 is 2.03. The molecular weight excluding hydrogens is 273 g/mol. The van der Waals surface area contributed by atoms with E-state index in [0.29, 0.717) is 0 Å². The Balaban J connectivity index is 2.87. The Morgan fingerprint density at radius 2 is 1.46 bits per heavy atom. The number of nitrogens with zero attached hydrogens (tertiary/aromatic N) is 1. The van der Waals surface area contributed by atoms with Gasteiger partial charge in [0.1, 0.15) is 0 Å². The van der Waals surface area contributed by atoms with Crippen molar-refractivity contribution in [3.05, 3.63) is 12.7 Å². The third-order valence-electron chi connectivity index (χ3n) is 2.06. The van der Waals surface area contributed by atoms with Gasteiger partial charge >= 0.3 is 0 Å². The predicted molar refractivity (Wildman–Crippen MR) is 69.6 cm³/mol. The van der Waals surface area contributed by atoms with Crippen molar-refractivity contribution in [3.63, 3.8) is 0 Å². The molecule has 0 fully saturated rings. The Morgan fingerprint density at radius 1 is 0.923 bits per heavy atom. The molecule has 13 heavy (non-hydrogen) atoms. The quantitative estimate of drug-likeness (QED) is 0.252. The largest absolute Gasteiger partial charge is 0.228 e. The SMILES string of the molecule is C=CCCCCCCCC/C=N/I. The molecule has 0 saturated heterocycles. The molecule has 0 aliphatic heterocycles. The van der Waals surface area contributed by atoms with Crippen molar-refractivity contribution in [1.82, 2.24) is 0 Å². The van der Waals surface area contributed by atoms with Gasteiger partial charge in [-0.15, -0.1) is 6.58 Å². The van der Waals surface area contributed by atoms with Crippen LogP contribution in [0.4, 0.5) is 0 Å². The standard InChI is InChI=1S/C11H20IN/c1-2-3-4-5-6-7-8-9-10-11-13-12/h2,11H,1,3-10H2/b13-11+. The molecule has 2 heteroatoms. The average Bonchev–Trinajstić information content (AvgIpc) is 2.16. The van der Waals surface area contributed by atoms with Crippen LogP contribution in [0, 0.1) is 0 Å². The van der Waals surface area contributed by atoms with Crippen LogP contribution in [0.25, 0.3) is 0 Å². The van der Waals surface area contributed by atoms with Gasteiger partial charge in [0.25, 0.3) is 0 Å². The van der Waals surface area contributed by atoms with Crippen molar-refractivity contribution in [2.75, 3.05) is 0 Å². The lowest BCUT2D eigenvalue weighted by Gasteiger charge is -1.98. The third kappa shape index (κ3) is 12.1. The molecule has 76 valence electrons. The second-order valence-electron chi connectivity index (χ2n) is 3.27. The van der Waals surface area contributed by atoms with Crippen molar-refractivity contribution in [3.8, 4) is 0 Å². The summed E-state index contributed by atoms with van der Waals surface area (Å²) in [5.74, 6) is 0. The van der Waals surface area contributed by atoms with Crippen LogP contribution in [0.5, 0.6) is 0 Å². The molecule has 0 amide bonds. The maximum Gasteiger partial charge on any atom is 0.0827 e. The highest BCUT2D eigenvalue weighted by molar-refractivity contribution is 14.1. The Labute approximate surface area is 96.2 Å². The molecular formula is C11H20IN. The number of halogens is 1. The maximum absolute atomic E-state index is 3.93. The van der Waals surface area contributed by atoms with Crippen LogP contribution < -0.4 is 0 Å². The summed E-state index contributed by atoms with van der Waals surface area (Å²) in [7, 11) is 0. The zero-order chi connectivity index (χ0) is 9.78. The molecule has 1 nitrogen and oxygen atoms in total. The number of hydrogen-bond donors (Lipinski definition) is 0. The third-order valence-corrected chi connectivity index (χ3v) is 2.45. The van der Waals surface area contributed by atoms with Crippen molar-refractivity contribution >= 4 is 29.1 Å². The van der Waals surface area contributed by atoms with Gasteiger partial charge < -0.3 is 0 Å². The van der Waals surface area contributed by atoms with Crippen molar-refractivity contribution in [2.45, 2.75) is 51.4 Å². The number of unbranched alkanes of at least 4 members (excludes halogenated alkanes) is 7. The number of allylic oxidation sites excluding steroid dienone is 1. The summed E-state index contributed by atoms with van der Waals surface area (Å²) in [5.41, 5.74) is 0. The van der Waals surface area contributed by atoms with E-state index in [1.165, 1.54) is 44.9 Å². The van der Waals surface area contributed by atoms with E-state index in [4.69, 9.17) is 0 Å². The van der Waals surface area contributed by atoms with Gasteiger partial charge in [0, 0.05) is 6.21 Å². The van der Waals surface area contributed by atoms with Crippen LogP contribution in [0.3, 0.4) is 0 Å². The van der Waals surface area contributed by atoms with Crippen molar-refractivity contribution in [1.29, 1.82) is 0 Å². The lowest BCUT2D eigenvalue weighted by Crippen LogP contribution is -1.80. The van der Waals surface area contributed by atoms with E-state index < -0.39 is 0 Å². The van der Waals surface area contributed by atoms with Gasteiger partial charge in [-0.3, -0.25) is 0 Å². The van der Waals surface area contributed by atoms with Crippen LogP contribution in [0.2, 0.25) is 0 Å². The predicted octanol–water partition coefficient (Wildman–Crippen LogP) is 4.71. The number of rotatable bonds is 9. The van der Waals surface area contributed by atoms with Gasteiger partial charge in [-0.25, -0.2) is 3.21 Å². The molecule has 0 spiro atoms. The summed E-state index contributed by atoms with van der Waals surface area (Å²) in [5, 5.41) is 0. The van der Waals surface area contributed by atoms with Gasteiger partial charge in [-0.1, -0.05) is 31.8 Å². The van der Waals surface area contributed by atoms with E-state index in [0.717, 1.165) is 6.42 Å². The average molecular weight is 293 g/mol. The molecule has 0 aliphatic rings. The van der Waals surface area contributed by atoms with E-state index in [1.54, 1.807) is 0 Å². The van der Waals surface area contributed by atoms with Crippen LogP contribution in [0.1, 0.15) is 51.4 Å². The highest BCUT2D eigenvalue weighted by Gasteiger charge is 1.89. The molecule has 0 rings (SSSR count). The highest BCUT2D eigenvalue weighted by atomic mass is 127. The molecule has 0 unspecified atom stereocenters. The van der Waals surface area contributed by atoms with Crippen molar-refractivity contribution in [2.24, 2.45) is 3.21 Å². The first kappa shape index (κ1) is 13.1. The Hall–Kier alpha value is 0.140. The molecule has 0 radical (unpaired) electrons. The van der Waals surface area contributed by atoms with E-state index in [9.17, 15) is 0 Å². The van der Waals surface area contributed by atoms with E-state index in [1.807, 2.05) is 35.2 Å². The minimum absolute atomic E-state index is 1.15. The second-order valence-corrected chi connectivity index (χ2v) is 3.82. The maximum atomic E-state index is 3.93. The van der Waals surface area contributed by atoms with Gasteiger partial charge in [0.2, 0.25) is 0 Å². The normalized spacial score (nSPS) is 10.8. The summed E-state index contributed by atoms with van der Waals surface area (Å²) in [4.78, 5) is 0. The molecule has 0 aromatic rings. The minimum Gasteiger partial charge on any atom is -0.228 e.